The minimum atomic E-state index is -0.541. The average Bonchev–Trinajstić information content (AvgIpc) is 2.28. The van der Waals surface area contributed by atoms with Gasteiger partial charge in [-0.15, -0.1) is 0 Å². The van der Waals surface area contributed by atoms with E-state index in [0.717, 1.165) is 11.1 Å². The molecule has 1 amide bonds. The lowest BCUT2D eigenvalue weighted by molar-refractivity contribution is -0.116. The Bertz CT molecular complexity index is 427. The maximum atomic E-state index is 11.3. The van der Waals surface area contributed by atoms with Crippen LogP contribution in [-0.4, -0.2) is 23.7 Å². The lowest BCUT2D eigenvalue weighted by Crippen LogP contribution is -2.28. The predicted molar refractivity (Wildman–Crippen MR) is 69.9 cm³/mol. The van der Waals surface area contributed by atoms with Crippen LogP contribution < -0.4 is 5.32 Å². The van der Waals surface area contributed by atoms with E-state index in [2.05, 4.69) is 5.32 Å². The third-order valence-corrected chi connectivity index (χ3v) is 2.60. The molecular formula is C13H16ClNO2. The molecule has 1 aromatic rings. The molecule has 3 nitrogen and oxygen atoms in total. The highest BCUT2D eigenvalue weighted by Crippen LogP contribution is 2.17. The quantitative estimate of drug-likeness (QED) is 0.808. The van der Waals surface area contributed by atoms with Gasteiger partial charge in [0.1, 0.15) is 0 Å². The molecule has 1 rings (SSSR count). The van der Waals surface area contributed by atoms with Crippen molar-refractivity contribution in [3.05, 3.63) is 40.4 Å². The molecule has 0 saturated carbocycles. The van der Waals surface area contributed by atoms with Gasteiger partial charge in [-0.2, -0.15) is 0 Å². The van der Waals surface area contributed by atoms with Crippen LogP contribution in [-0.2, 0) is 4.79 Å². The second-order valence-corrected chi connectivity index (χ2v) is 4.34. The predicted octanol–water partition coefficient (Wildman–Crippen LogP) is 2.16. The molecule has 0 bridgehead atoms. The Morgan fingerprint density at radius 3 is 2.88 bits per heavy atom. The zero-order valence-electron chi connectivity index (χ0n) is 9.90. The van der Waals surface area contributed by atoms with Crippen molar-refractivity contribution < 1.29 is 9.90 Å². The minimum Gasteiger partial charge on any atom is -0.392 e. The number of hydrogen-bond acceptors (Lipinski definition) is 2. The summed E-state index contributed by atoms with van der Waals surface area (Å²) in [7, 11) is 0. The number of hydrogen-bond donors (Lipinski definition) is 2. The summed E-state index contributed by atoms with van der Waals surface area (Å²) in [6, 6.07) is 5.59. The molecule has 0 aromatic heterocycles. The molecule has 0 spiro atoms. The van der Waals surface area contributed by atoms with Crippen LogP contribution in [0.2, 0.25) is 5.02 Å². The molecule has 4 heteroatoms. The van der Waals surface area contributed by atoms with Crippen molar-refractivity contribution in [2.45, 2.75) is 20.0 Å². The molecule has 0 aliphatic heterocycles. The van der Waals surface area contributed by atoms with Crippen LogP contribution >= 0.6 is 11.6 Å². The van der Waals surface area contributed by atoms with Crippen LogP contribution in [0, 0.1) is 6.92 Å². The lowest BCUT2D eigenvalue weighted by atomic mass is 10.1. The standard InChI is InChI=1S/C13H16ClNO2/c1-9-3-4-11(7-12(9)14)5-6-13(17)15-8-10(2)16/h3-7,10,16H,8H2,1-2H3,(H,15,17)/b6-5+/t10-/m1/s1. The number of halogens is 1. The molecule has 0 fully saturated rings. The Hall–Kier alpha value is -1.32. The second kappa shape index (κ2) is 6.42. The summed E-state index contributed by atoms with van der Waals surface area (Å²) in [4.78, 5) is 11.3. The molecule has 0 saturated heterocycles. The number of aliphatic hydroxyl groups is 1. The first kappa shape index (κ1) is 13.7. The Labute approximate surface area is 106 Å². The summed E-state index contributed by atoms with van der Waals surface area (Å²) in [5.74, 6) is -0.234. The van der Waals surface area contributed by atoms with Gasteiger partial charge in [0.2, 0.25) is 5.91 Å². The SMILES string of the molecule is Cc1ccc(/C=C/C(=O)NC[C@@H](C)O)cc1Cl. The van der Waals surface area contributed by atoms with Gasteiger partial charge in [0, 0.05) is 17.6 Å². The summed E-state index contributed by atoms with van der Waals surface area (Å²) in [5.41, 5.74) is 1.87. The fourth-order valence-corrected chi connectivity index (χ4v) is 1.38. The van der Waals surface area contributed by atoms with Gasteiger partial charge in [0.25, 0.3) is 0 Å². The largest absolute Gasteiger partial charge is 0.392 e. The highest BCUT2D eigenvalue weighted by molar-refractivity contribution is 6.31. The van der Waals surface area contributed by atoms with Crippen LogP contribution in [0.5, 0.6) is 0 Å². The Morgan fingerprint density at radius 2 is 2.29 bits per heavy atom. The van der Waals surface area contributed by atoms with E-state index in [4.69, 9.17) is 16.7 Å². The number of nitrogens with one attached hydrogen (secondary N) is 1. The van der Waals surface area contributed by atoms with Crippen molar-refractivity contribution in [1.82, 2.24) is 5.32 Å². The fourth-order valence-electron chi connectivity index (χ4n) is 1.19. The number of aliphatic hydroxyl groups excluding tert-OH is 1. The zero-order valence-corrected chi connectivity index (χ0v) is 10.7. The first-order chi connectivity index (χ1) is 7.99. The molecule has 0 aliphatic carbocycles. The third kappa shape index (κ3) is 5.02. The van der Waals surface area contributed by atoms with E-state index in [1.54, 1.807) is 19.1 Å². The van der Waals surface area contributed by atoms with Crippen LogP contribution in [0.25, 0.3) is 6.08 Å². The van der Waals surface area contributed by atoms with Crippen molar-refractivity contribution in [3.63, 3.8) is 0 Å². The van der Waals surface area contributed by atoms with Crippen molar-refractivity contribution >= 4 is 23.6 Å². The first-order valence-corrected chi connectivity index (χ1v) is 5.77. The van der Waals surface area contributed by atoms with Crippen molar-refractivity contribution in [2.24, 2.45) is 0 Å². The maximum Gasteiger partial charge on any atom is 0.244 e. The smallest absolute Gasteiger partial charge is 0.244 e. The Kier molecular flexibility index (Phi) is 5.19. The van der Waals surface area contributed by atoms with Gasteiger partial charge in [-0.05, 0) is 37.1 Å². The van der Waals surface area contributed by atoms with E-state index in [9.17, 15) is 4.79 Å². The van der Waals surface area contributed by atoms with Gasteiger partial charge in [-0.1, -0.05) is 23.7 Å². The summed E-state index contributed by atoms with van der Waals surface area (Å²) >= 11 is 5.96. The number of carbonyl (C=O) groups excluding carboxylic acids is 1. The second-order valence-electron chi connectivity index (χ2n) is 3.94. The topological polar surface area (TPSA) is 49.3 Å². The number of carbonyl (C=O) groups is 1. The van der Waals surface area contributed by atoms with E-state index in [1.807, 2.05) is 19.1 Å². The molecule has 92 valence electrons. The Balaban J connectivity index is 2.58. The molecule has 17 heavy (non-hydrogen) atoms. The average molecular weight is 254 g/mol. The summed E-state index contributed by atoms with van der Waals surface area (Å²) < 4.78 is 0. The minimum absolute atomic E-state index is 0.234. The Morgan fingerprint density at radius 1 is 1.59 bits per heavy atom. The number of rotatable bonds is 4. The molecule has 2 N–H and O–H groups in total. The monoisotopic (exact) mass is 253 g/mol. The van der Waals surface area contributed by atoms with E-state index >= 15 is 0 Å². The van der Waals surface area contributed by atoms with Gasteiger partial charge < -0.3 is 10.4 Å². The van der Waals surface area contributed by atoms with E-state index in [0.29, 0.717) is 5.02 Å². The molecule has 0 radical (unpaired) electrons. The van der Waals surface area contributed by atoms with Crippen molar-refractivity contribution in [1.29, 1.82) is 0 Å². The zero-order chi connectivity index (χ0) is 12.8. The van der Waals surface area contributed by atoms with Crippen LogP contribution in [0.3, 0.4) is 0 Å². The van der Waals surface area contributed by atoms with Gasteiger partial charge in [0.05, 0.1) is 6.10 Å². The highest BCUT2D eigenvalue weighted by Gasteiger charge is 1.99. The lowest BCUT2D eigenvalue weighted by Gasteiger charge is -2.04. The van der Waals surface area contributed by atoms with Crippen LogP contribution in [0.4, 0.5) is 0 Å². The van der Waals surface area contributed by atoms with Crippen molar-refractivity contribution in [3.8, 4) is 0 Å². The summed E-state index contributed by atoms with van der Waals surface area (Å²) in [6.07, 6.45) is 2.56. The molecule has 1 atom stereocenters. The van der Waals surface area contributed by atoms with Gasteiger partial charge >= 0.3 is 0 Å². The van der Waals surface area contributed by atoms with E-state index in [-0.39, 0.29) is 12.5 Å². The van der Waals surface area contributed by atoms with Crippen molar-refractivity contribution in [2.75, 3.05) is 6.54 Å². The number of aryl methyl sites for hydroxylation is 1. The number of amides is 1. The van der Waals surface area contributed by atoms with E-state index < -0.39 is 6.10 Å². The van der Waals surface area contributed by atoms with Gasteiger partial charge in [0.15, 0.2) is 0 Å². The highest BCUT2D eigenvalue weighted by atomic mass is 35.5. The number of benzene rings is 1. The molecule has 0 aliphatic rings. The first-order valence-electron chi connectivity index (χ1n) is 5.39. The maximum absolute atomic E-state index is 11.3. The van der Waals surface area contributed by atoms with E-state index in [1.165, 1.54) is 6.08 Å². The van der Waals surface area contributed by atoms with Crippen LogP contribution in [0.15, 0.2) is 24.3 Å². The summed E-state index contributed by atoms with van der Waals surface area (Å²) in [6.45, 7) is 3.78. The third-order valence-electron chi connectivity index (χ3n) is 2.19. The van der Waals surface area contributed by atoms with Gasteiger partial charge in [-0.25, -0.2) is 0 Å². The van der Waals surface area contributed by atoms with Gasteiger partial charge in [-0.3, -0.25) is 4.79 Å². The normalized spacial score (nSPS) is 12.7. The molecule has 0 heterocycles. The molecule has 1 aromatic carbocycles. The molecular weight excluding hydrogens is 238 g/mol. The fraction of sp³-hybridized carbons (Fsp3) is 0.308. The van der Waals surface area contributed by atoms with Crippen LogP contribution in [0.1, 0.15) is 18.1 Å². The summed E-state index contributed by atoms with van der Waals surface area (Å²) in [5, 5.41) is 12.2. The molecule has 0 unspecified atom stereocenters.